The van der Waals surface area contributed by atoms with Crippen LogP contribution in [-0.4, -0.2) is 37.8 Å². The number of hydrogen-bond acceptors (Lipinski definition) is 7. The van der Waals surface area contributed by atoms with Crippen LogP contribution in [0.1, 0.15) is 5.56 Å². The van der Waals surface area contributed by atoms with Crippen molar-refractivity contribution in [2.24, 2.45) is 0 Å². The van der Waals surface area contributed by atoms with Gasteiger partial charge in [0.1, 0.15) is 18.0 Å². The maximum atomic E-state index is 5.42. The Morgan fingerprint density at radius 2 is 1.68 bits per heavy atom. The van der Waals surface area contributed by atoms with Gasteiger partial charge in [0.25, 0.3) is 0 Å². The van der Waals surface area contributed by atoms with Crippen molar-refractivity contribution in [2.75, 3.05) is 38.1 Å². The number of methoxy groups -OCH3 is 3. The summed E-state index contributed by atoms with van der Waals surface area (Å²) < 4.78 is 16.2. The quantitative estimate of drug-likeness (QED) is 0.697. The molecule has 4 rings (SSSR count). The Morgan fingerprint density at radius 3 is 2.39 bits per heavy atom. The number of para-hydroxylation sites is 1. The topological polar surface area (TPSA) is 68.7 Å². The molecular weight excluding hydrogens is 356 g/mol. The molecule has 0 unspecified atom stereocenters. The first-order valence-corrected chi connectivity index (χ1v) is 8.98. The highest BCUT2D eigenvalue weighted by Crippen LogP contribution is 2.41. The fraction of sp³-hybridized carbons (Fsp3) is 0.238. The van der Waals surface area contributed by atoms with E-state index in [0.717, 1.165) is 24.5 Å². The highest BCUT2D eigenvalue weighted by Gasteiger charge is 2.21. The second-order valence-electron chi connectivity index (χ2n) is 6.33. The molecule has 1 N–H and O–H groups in total. The highest BCUT2D eigenvalue weighted by atomic mass is 16.5. The van der Waals surface area contributed by atoms with E-state index in [0.29, 0.717) is 23.1 Å². The minimum atomic E-state index is 0.549. The average molecular weight is 378 g/mol. The van der Waals surface area contributed by atoms with E-state index in [2.05, 4.69) is 38.4 Å². The summed E-state index contributed by atoms with van der Waals surface area (Å²) in [5.74, 6) is 3.24. The second-order valence-corrected chi connectivity index (χ2v) is 6.33. The van der Waals surface area contributed by atoms with Crippen LogP contribution in [0.25, 0.3) is 0 Å². The van der Waals surface area contributed by atoms with Gasteiger partial charge in [0, 0.05) is 36.1 Å². The predicted molar refractivity (Wildman–Crippen MR) is 109 cm³/mol. The molecule has 28 heavy (non-hydrogen) atoms. The maximum absolute atomic E-state index is 5.42. The van der Waals surface area contributed by atoms with Gasteiger partial charge in [-0.2, -0.15) is 0 Å². The predicted octanol–water partition coefficient (Wildman–Crippen LogP) is 3.94. The Labute approximate surface area is 163 Å². The van der Waals surface area contributed by atoms with Crippen LogP contribution in [0.4, 0.5) is 23.0 Å². The third kappa shape index (κ3) is 3.26. The molecule has 2 heterocycles. The number of fused-ring (bicyclic) bond motifs is 1. The summed E-state index contributed by atoms with van der Waals surface area (Å²) in [6.45, 7) is 0.903. The van der Waals surface area contributed by atoms with Crippen molar-refractivity contribution in [1.82, 2.24) is 9.97 Å². The minimum absolute atomic E-state index is 0.549. The van der Waals surface area contributed by atoms with Gasteiger partial charge in [-0.25, -0.2) is 9.97 Å². The Balaban J connectivity index is 1.63. The number of rotatable bonds is 6. The summed E-state index contributed by atoms with van der Waals surface area (Å²) in [6, 6.07) is 14.0. The number of anilines is 4. The summed E-state index contributed by atoms with van der Waals surface area (Å²) >= 11 is 0. The molecule has 7 heteroatoms. The molecule has 3 aromatic rings. The molecule has 0 aliphatic carbocycles. The van der Waals surface area contributed by atoms with Gasteiger partial charge in [0.2, 0.25) is 5.75 Å². The van der Waals surface area contributed by atoms with Gasteiger partial charge in [-0.15, -0.1) is 0 Å². The normalized spacial score (nSPS) is 12.5. The zero-order chi connectivity index (χ0) is 19.5. The molecule has 0 bridgehead atoms. The first-order valence-electron chi connectivity index (χ1n) is 8.98. The van der Waals surface area contributed by atoms with Crippen molar-refractivity contribution in [3.05, 3.63) is 54.4 Å². The van der Waals surface area contributed by atoms with E-state index < -0.39 is 0 Å². The van der Waals surface area contributed by atoms with Gasteiger partial charge in [0.05, 0.1) is 21.3 Å². The molecule has 0 spiro atoms. The Kier molecular flexibility index (Phi) is 4.89. The average Bonchev–Trinajstić information content (AvgIpc) is 3.17. The summed E-state index contributed by atoms with van der Waals surface area (Å²) in [5.41, 5.74) is 3.31. The molecule has 144 valence electrons. The molecule has 0 amide bonds. The molecule has 2 aromatic carbocycles. The lowest BCUT2D eigenvalue weighted by atomic mass is 10.2. The van der Waals surface area contributed by atoms with Gasteiger partial charge in [-0.1, -0.05) is 18.2 Å². The Bertz CT molecular complexity index is 968. The Morgan fingerprint density at radius 1 is 0.929 bits per heavy atom. The first kappa shape index (κ1) is 17.9. The van der Waals surface area contributed by atoms with Crippen LogP contribution in [0.15, 0.2) is 48.8 Å². The van der Waals surface area contributed by atoms with E-state index in [9.17, 15) is 0 Å². The second kappa shape index (κ2) is 7.64. The van der Waals surface area contributed by atoms with E-state index in [4.69, 9.17) is 14.2 Å². The summed E-state index contributed by atoms with van der Waals surface area (Å²) in [5, 5.41) is 3.30. The van der Waals surface area contributed by atoms with Crippen LogP contribution in [0.5, 0.6) is 17.2 Å². The zero-order valence-corrected chi connectivity index (χ0v) is 16.1. The molecule has 1 aromatic heterocycles. The van der Waals surface area contributed by atoms with Crippen LogP contribution in [0.3, 0.4) is 0 Å². The van der Waals surface area contributed by atoms with Crippen LogP contribution in [0.2, 0.25) is 0 Å². The number of nitrogens with zero attached hydrogens (tertiary/aromatic N) is 3. The third-order valence-electron chi connectivity index (χ3n) is 4.75. The third-order valence-corrected chi connectivity index (χ3v) is 4.75. The lowest BCUT2D eigenvalue weighted by Gasteiger charge is -2.19. The highest BCUT2D eigenvalue weighted by molar-refractivity contribution is 5.71. The standard InChI is InChI=1S/C21H22N4O3/c1-26-17-10-15(11-18(27-2)21(17)28-3)24-19-12-20(23-13-22-19)25-9-8-14-6-4-5-7-16(14)25/h4-7,10-13H,8-9H2,1-3H3,(H,22,23,24). The van der Waals surface area contributed by atoms with Crippen LogP contribution < -0.4 is 24.4 Å². The van der Waals surface area contributed by atoms with Gasteiger partial charge in [0.15, 0.2) is 11.5 Å². The molecule has 1 aliphatic heterocycles. The molecule has 0 saturated heterocycles. The van der Waals surface area contributed by atoms with Gasteiger partial charge in [-0.3, -0.25) is 0 Å². The lowest BCUT2D eigenvalue weighted by molar-refractivity contribution is 0.324. The smallest absolute Gasteiger partial charge is 0.203 e. The number of hydrogen-bond donors (Lipinski definition) is 1. The SMILES string of the molecule is COc1cc(Nc2cc(N3CCc4ccccc43)ncn2)cc(OC)c1OC. The first-order chi connectivity index (χ1) is 13.7. The van der Waals surface area contributed by atoms with Gasteiger partial charge < -0.3 is 24.4 Å². The van der Waals surface area contributed by atoms with Gasteiger partial charge >= 0.3 is 0 Å². The number of ether oxygens (including phenoxy) is 3. The van der Waals surface area contributed by atoms with Crippen molar-refractivity contribution in [1.29, 1.82) is 0 Å². The van der Waals surface area contributed by atoms with Crippen molar-refractivity contribution in [3.8, 4) is 17.2 Å². The number of aromatic nitrogens is 2. The van der Waals surface area contributed by atoms with Gasteiger partial charge in [-0.05, 0) is 18.1 Å². The number of benzene rings is 2. The fourth-order valence-electron chi connectivity index (χ4n) is 3.44. The molecular formula is C21H22N4O3. The van der Waals surface area contributed by atoms with Crippen LogP contribution in [0, 0.1) is 0 Å². The van der Waals surface area contributed by atoms with Crippen LogP contribution in [-0.2, 0) is 6.42 Å². The summed E-state index contributed by atoms with van der Waals surface area (Å²) in [4.78, 5) is 11.0. The Hall–Kier alpha value is -3.48. The van der Waals surface area contributed by atoms with Crippen LogP contribution >= 0.6 is 0 Å². The summed E-state index contributed by atoms with van der Waals surface area (Å²) in [7, 11) is 4.77. The van der Waals surface area contributed by atoms with E-state index in [-0.39, 0.29) is 0 Å². The fourth-order valence-corrected chi connectivity index (χ4v) is 3.44. The van der Waals surface area contributed by atoms with E-state index in [1.165, 1.54) is 11.3 Å². The monoisotopic (exact) mass is 378 g/mol. The van der Waals surface area contributed by atoms with Crippen molar-refractivity contribution < 1.29 is 14.2 Å². The molecule has 0 fully saturated rings. The van der Waals surface area contributed by atoms with Crippen molar-refractivity contribution in [3.63, 3.8) is 0 Å². The molecule has 1 aliphatic rings. The maximum Gasteiger partial charge on any atom is 0.203 e. The summed E-state index contributed by atoms with van der Waals surface area (Å²) in [6.07, 6.45) is 2.58. The largest absolute Gasteiger partial charge is 0.493 e. The molecule has 7 nitrogen and oxygen atoms in total. The van der Waals surface area contributed by atoms with E-state index in [1.54, 1.807) is 27.7 Å². The van der Waals surface area contributed by atoms with Crippen molar-refractivity contribution >= 4 is 23.0 Å². The lowest BCUT2D eigenvalue weighted by Crippen LogP contribution is -2.15. The number of nitrogens with one attached hydrogen (secondary N) is 1. The van der Waals surface area contributed by atoms with E-state index >= 15 is 0 Å². The molecule has 0 radical (unpaired) electrons. The van der Waals surface area contributed by atoms with Crippen molar-refractivity contribution in [2.45, 2.75) is 6.42 Å². The molecule has 0 saturated carbocycles. The molecule has 0 atom stereocenters. The minimum Gasteiger partial charge on any atom is -0.493 e. The van der Waals surface area contributed by atoms with E-state index in [1.807, 2.05) is 24.3 Å². The zero-order valence-electron chi connectivity index (χ0n) is 16.1.